The first-order chi connectivity index (χ1) is 11.8. The minimum Gasteiger partial charge on any atom is -0.289 e. The van der Waals surface area contributed by atoms with Gasteiger partial charge in [-0.05, 0) is 33.9 Å². The molecule has 0 amide bonds. The van der Waals surface area contributed by atoms with Gasteiger partial charge in [-0.1, -0.05) is 73.1 Å². The third-order valence-corrected chi connectivity index (χ3v) is 5.50. The fraction of sp³-hybridized carbons (Fsp3) is 0.182. The normalized spacial score (nSPS) is 13.8. The van der Waals surface area contributed by atoms with E-state index < -0.39 is 0 Å². The standard InChI is InChI=1S/C22H17BrO2/c1-22(2,3)12-8-9-13-16(10-12)19-17(11-18(13)23)20(24)14-6-4-5-7-15(14)21(19)25/h4-11H,1-3H3. The maximum absolute atomic E-state index is 13.2. The van der Waals surface area contributed by atoms with Gasteiger partial charge in [0.25, 0.3) is 0 Å². The molecule has 0 spiro atoms. The zero-order chi connectivity index (χ0) is 17.9. The Kier molecular flexibility index (Phi) is 3.48. The maximum atomic E-state index is 13.2. The lowest BCUT2D eigenvalue weighted by molar-refractivity contribution is 0.0980. The van der Waals surface area contributed by atoms with Crippen LogP contribution in [0.1, 0.15) is 58.2 Å². The Morgan fingerprint density at radius 3 is 2.04 bits per heavy atom. The summed E-state index contributed by atoms with van der Waals surface area (Å²) in [6.45, 7) is 6.42. The van der Waals surface area contributed by atoms with Crippen LogP contribution < -0.4 is 0 Å². The van der Waals surface area contributed by atoms with Gasteiger partial charge in [0.05, 0.1) is 0 Å². The molecular formula is C22H17BrO2. The molecule has 0 N–H and O–H groups in total. The number of carbonyl (C=O) groups excluding carboxylic acids is 2. The summed E-state index contributed by atoms with van der Waals surface area (Å²) in [6, 6.07) is 15.0. The first-order valence-electron chi connectivity index (χ1n) is 8.24. The molecule has 0 fully saturated rings. The molecule has 25 heavy (non-hydrogen) atoms. The monoisotopic (exact) mass is 392 g/mol. The molecule has 3 aromatic rings. The number of carbonyl (C=O) groups is 2. The van der Waals surface area contributed by atoms with Crippen molar-refractivity contribution in [2.75, 3.05) is 0 Å². The third-order valence-electron chi connectivity index (χ3n) is 4.84. The molecule has 0 unspecified atom stereocenters. The highest BCUT2D eigenvalue weighted by Gasteiger charge is 2.32. The van der Waals surface area contributed by atoms with Crippen LogP contribution >= 0.6 is 15.9 Å². The van der Waals surface area contributed by atoms with Crippen LogP contribution in [0.15, 0.2) is 53.0 Å². The number of rotatable bonds is 0. The largest absolute Gasteiger partial charge is 0.289 e. The predicted octanol–water partition coefficient (Wildman–Crippen LogP) is 5.68. The summed E-state index contributed by atoms with van der Waals surface area (Å²) in [6.07, 6.45) is 0. The van der Waals surface area contributed by atoms with Crippen LogP contribution in [0.3, 0.4) is 0 Å². The van der Waals surface area contributed by atoms with E-state index in [1.165, 1.54) is 0 Å². The lowest BCUT2D eigenvalue weighted by Gasteiger charge is -2.23. The number of hydrogen-bond acceptors (Lipinski definition) is 2. The predicted molar refractivity (Wildman–Crippen MR) is 104 cm³/mol. The lowest BCUT2D eigenvalue weighted by Crippen LogP contribution is -2.21. The molecule has 0 aromatic heterocycles. The van der Waals surface area contributed by atoms with Crippen molar-refractivity contribution < 1.29 is 9.59 Å². The summed E-state index contributed by atoms with van der Waals surface area (Å²) in [5.74, 6) is -0.164. The van der Waals surface area contributed by atoms with Gasteiger partial charge in [0.2, 0.25) is 0 Å². The number of hydrogen-bond donors (Lipinski definition) is 0. The molecule has 3 heteroatoms. The van der Waals surface area contributed by atoms with E-state index in [0.717, 1.165) is 20.8 Å². The Balaban J connectivity index is 2.11. The smallest absolute Gasteiger partial charge is 0.195 e. The van der Waals surface area contributed by atoms with Crippen LogP contribution in [0, 0.1) is 0 Å². The SMILES string of the molecule is CC(C)(C)c1ccc2c(Br)cc3c(c2c1)C(=O)c1ccccc1C3=O. The van der Waals surface area contributed by atoms with Gasteiger partial charge in [-0.3, -0.25) is 9.59 Å². The first kappa shape index (κ1) is 16.2. The summed E-state index contributed by atoms with van der Waals surface area (Å²) >= 11 is 3.57. The van der Waals surface area contributed by atoms with E-state index in [4.69, 9.17) is 0 Å². The zero-order valence-electron chi connectivity index (χ0n) is 14.3. The van der Waals surface area contributed by atoms with Crippen molar-refractivity contribution >= 4 is 38.3 Å². The van der Waals surface area contributed by atoms with Gasteiger partial charge in [-0.15, -0.1) is 0 Å². The molecule has 0 aliphatic heterocycles. The van der Waals surface area contributed by atoms with Crippen molar-refractivity contribution in [3.63, 3.8) is 0 Å². The molecule has 124 valence electrons. The molecular weight excluding hydrogens is 376 g/mol. The van der Waals surface area contributed by atoms with Crippen LogP contribution in [0.4, 0.5) is 0 Å². The number of halogens is 1. The van der Waals surface area contributed by atoms with E-state index in [1.54, 1.807) is 30.3 Å². The highest BCUT2D eigenvalue weighted by atomic mass is 79.9. The summed E-state index contributed by atoms with van der Waals surface area (Å²) in [7, 11) is 0. The van der Waals surface area contributed by atoms with Crippen molar-refractivity contribution in [2.45, 2.75) is 26.2 Å². The van der Waals surface area contributed by atoms with Crippen LogP contribution in [-0.4, -0.2) is 11.6 Å². The quantitative estimate of drug-likeness (QED) is 0.386. The van der Waals surface area contributed by atoms with Crippen LogP contribution in [0.5, 0.6) is 0 Å². The van der Waals surface area contributed by atoms with E-state index in [-0.39, 0.29) is 17.0 Å². The number of ketones is 2. The zero-order valence-corrected chi connectivity index (χ0v) is 15.9. The maximum Gasteiger partial charge on any atom is 0.195 e. The third kappa shape index (κ3) is 2.37. The average Bonchev–Trinajstić information content (AvgIpc) is 2.58. The van der Waals surface area contributed by atoms with E-state index in [0.29, 0.717) is 22.3 Å². The molecule has 3 aromatic carbocycles. The summed E-state index contributed by atoms with van der Waals surface area (Å²) in [5, 5.41) is 1.79. The minimum absolute atomic E-state index is 0.0387. The molecule has 0 atom stereocenters. The topological polar surface area (TPSA) is 34.1 Å². The van der Waals surface area contributed by atoms with E-state index in [9.17, 15) is 9.59 Å². The molecule has 0 bridgehead atoms. The Labute approximate surface area is 155 Å². The van der Waals surface area contributed by atoms with Crippen LogP contribution in [0.2, 0.25) is 0 Å². The second kappa shape index (κ2) is 5.37. The van der Waals surface area contributed by atoms with Crippen LogP contribution in [-0.2, 0) is 5.41 Å². The Morgan fingerprint density at radius 1 is 0.760 bits per heavy atom. The second-order valence-corrected chi connectivity index (χ2v) is 8.35. The number of benzene rings is 3. The van der Waals surface area contributed by atoms with Crippen molar-refractivity contribution in [3.05, 3.63) is 80.8 Å². The van der Waals surface area contributed by atoms with E-state index in [1.807, 2.05) is 6.07 Å². The fourth-order valence-corrected chi connectivity index (χ4v) is 4.00. The van der Waals surface area contributed by atoms with E-state index in [2.05, 4.69) is 48.8 Å². The highest BCUT2D eigenvalue weighted by molar-refractivity contribution is 9.10. The van der Waals surface area contributed by atoms with Crippen molar-refractivity contribution in [1.82, 2.24) is 0 Å². The Bertz CT molecular complexity index is 1070. The van der Waals surface area contributed by atoms with Gasteiger partial charge in [0.15, 0.2) is 11.6 Å². The molecule has 0 saturated carbocycles. The Morgan fingerprint density at radius 2 is 1.40 bits per heavy atom. The first-order valence-corrected chi connectivity index (χ1v) is 9.03. The van der Waals surface area contributed by atoms with Gasteiger partial charge in [-0.25, -0.2) is 0 Å². The molecule has 1 aliphatic carbocycles. The molecule has 4 rings (SSSR count). The summed E-state index contributed by atoms with van der Waals surface area (Å²) in [5.41, 5.74) is 3.08. The van der Waals surface area contributed by atoms with Crippen LogP contribution in [0.25, 0.3) is 10.8 Å². The summed E-state index contributed by atoms with van der Waals surface area (Å²) in [4.78, 5) is 26.1. The Hall–Kier alpha value is -2.26. The molecule has 2 nitrogen and oxygen atoms in total. The van der Waals surface area contributed by atoms with Gasteiger partial charge in [0.1, 0.15) is 0 Å². The van der Waals surface area contributed by atoms with E-state index >= 15 is 0 Å². The highest BCUT2D eigenvalue weighted by Crippen LogP contribution is 2.38. The molecule has 0 radical (unpaired) electrons. The average molecular weight is 393 g/mol. The minimum atomic E-state index is -0.0889. The van der Waals surface area contributed by atoms with Gasteiger partial charge < -0.3 is 0 Å². The van der Waals surface area contributed by atoms with Crippen molar-refractivity contribution in [2.24, 2.45) is 0 Å². The number of fused-ring (bicyclic) bond motifs is 4. The molecule has 0 heterocycles. The van der Waals surface area contributed by atoms with Gasteiger partial charge in [0, 0.05) is 26.7 Å². The second-order valence-electron chi connectivity index (χ2n) is 7.50. The van der Waals surface area contributed by atoms with Gasteiger partial charge >= 0.3 is 0 Å². The lowest BCUT2D eigenvalue weighted by atomic mass is 9.79. The fourth-order valence-electron chi connectivity index (χ4n) is 3.43. The van der Waals surface area contributed by atoms with Crippen molar-refractivity contribution in [3.8, 4) is 0 Å². The van der Waals surface area contributed by atoms with Crippen molar-refractivity contribution in [1.29, 1.82) is 0 Å². The van der Waals surface area contributed by atoms with Gasteiger partial charge in [-0.2, -0.15) is 0 Å². The summed E-state index contributed by atoms with van der Waals surface area (Å²) < 4.78 is 0.835. The molecule has 1 aliphatic rings. The molecule has 0 saturated heterocycles.